The monoisotopic (exact) mass is 349 g/mol. The lowest BCUT2D eigenvalue weighted by Crippen LogP contribution is -2.34. The Morgan fingerprint density at radius 2 is 1.92 bits per heavy atom. The van der Waals surface area contributed by atoms with Crippen LogP contribution in [0.15, 0.2) is 36.5 Å². The first-order valence-corrected chi connectivity index (χ1v) is 9.06. The van der Waals surface area contributed by atoms with Crippen molar-refractivity contribution in [2.24, 2.45) is 13.0 Å². The van der Waals surface area contributed by atoms with Gasteiger partial charge >= 0.3 is 0 Å². The lowest BCUT2D eigenvalue weighted by molar-refractivity contribution is -0.123. The molecule has 2 aromatic heterocycles. The number of Topliss-reactive ketones (excluding diaryl/α,β-unsaturated/α-hetero) is 1. The first kappa shape index (κ1) is 16.8. The number of aromatic nitrogens is 4. The number of fused-ring (bicyclic) bond motifs is 1. The summed E-state index contributed by atoms with van der Waals surface area (Å²) in [5, 5.41) is 14.0. The number of rotatable bonds is 4. The highest BCUT2D eigenvalue weighted by molar-refractivity contribution is 5.86. The number of piperidine rings is 1. The fraction of sp³-hybridized carbons (Fsp3) is 0.400. The fourth-order valence-electron chi connectivity index (χ4n) is 3.56. The van der Waals surface area contributed by atoms with Gasteiger partial charge in [0, 0.05) is 30.1 Å². The van der Waals surface area contributed by atoms with E-state index in [0.29, 0.717) is 6.42 Å². The summed E-state index contributed by atoms with van der Waals surface area (Å²) in [4.78, 5) is 14.9. The maximum absolute atomic E-state index is 12.6. The predicted octanol–water partition coefficient (Wildman–Crippen LogP) is 2.48. The van der Waals surface area contributed by atoms with Gasteiger partial charge in [-0.2, -0.15) is 15.3 Å². The minimum absolute atomic E-state index is 0.156. The maximum Gasteiger partial charge on any atom is 0.142 e. The lowest BCUT2D eigenvalue weighted by atomic mass is 9.90. The van der Waals surface area contributed by atoms with Gasteiger partial charge in [0.25, 0.3) is 0 Å². The van der Waals surface area contributed by atoms with Crippen LogP contribution >= 0.6 is 0 Å². The molecule has 134 valence electrons. The normalized spacial score (nSPS) is 16.2. The molecule has 6 nitrogen and oxygen atoms in total. The number of benzene rings is 1. The van der Waals surface area contributed by atoms with E-state index in [1.807, 2.05) is 37.5 Å². The third kappa shape index (κ3) is 3.51. The molecule has 0 atom stereocenters. The van der Waals surface area contributed by atoms with Crippen LogP contribution in [0.4, 0.5) is 0 Å². The molecule has 0 spiro atoms. The second kappa shape index (κ2) is 6.96. The third-order valence-electron chi connectivity index (χ3n) is 5.17. The Labute approximate surface area is 152 Å². The van der Waals surface area contributed by atoms with Gasteiger partial charge in [0.05, 0.1) is 23.3 Å². The number of nitrogens with zero attached hydrogens (tertiary/aromatic N) is 5. The van der Waals surface area contributed by atoms with Crippen LogP contribution in [0.3, 0.4) is 0 Å². The molecule has 1 aromatic carbocycles. The minimum Gasteiger partial charge on any atom is -0.306 e. The maximum atomic E-state index is 12.6. The summed E-state index contributed by atoms with van der Waals surface area (Å²) >= 11 is 0. The Bertz CT molecular complexity index is 940. The van der Waals surface area contributed by atoms with Crippen LogP contribution in [0.2, 0.25) is 0 Å². The van der Waals surface area contributed by atoms with E-state index in [-0.39, 0.29) is 11.7 Å². The molecule has 0 N–H and O–H groups in total. The minimum atomic E-state index is 0.156. The lowest BCUT2D eigenvalue weighted by Gasteiger charge is -2.27. The summed E-state index contributed by atoms with van der Waals surface area (Å²) < 4.78 is 1.79. The molecule has 1 aliphatic heterocycles. The molecule has 3 heterocycles. The smallest absolute Gasteiger partial charge is 0.142 e. The first-order valence-electron chi connectivity index (χ1n) is 9.06. The number of ketones is 1. The Morgan fingerprint density at radius 1 is 1.12 bits per heavy atom. The summed E-state index contributed by atoms with van der Waals surface area (Å²) in [6, 6.07) is 10.00. The van der Waals surface area contributed by atoms with Crippen LogP contribution in [-0.4, -0.2) is 50.8 Å². The summed E-state index contributed by atoms with van der Waals surface area (Å²) in [5.74, 6) is 0.441. The quantitative estimate of drug-likeness (QED) is 0.724. The second-order valence-electron chi connectivity index (χ2n) is 7.20. The zero-order chi connectivity index (χ0) is 18.1. The van der Waals surface area contributed by atoms with E-state index in [1.165, 1.54) is 0 Å². The van der Waals surface area contributed by atoms with Crippen LogP contribution in [0.1, 0.15) is 18.5 Å². The van der Waals surface area contributed by atoms with Gasteiger partial charge in [0.1, 0.15) is 5.78 Å². The summed E-state index contributed by atoms with van der Waals surface area (Å²) in [6.45, 7) is 1.99. The molecule has 26 heavy (non-hydrogen) atoms. The second-order valence-corrected chi connectivity index (χ2v) is 7.20. The molecule has 0 radical (unpaired) electrons. The highest BCUT2D eigenvalue weighted by Crippen LogP contribution is 2.23. The molecule has 0 saturated carbocycles. The zero-order valence-corrected chi connectivity index (χ0v) is 15.2. The first-order chi connectivity index (χ1) is 12.6. The van der Waals surface area contributed by atoms with Crippen molar-refractivity contribution in [2.75, 3.05) is 20.1 Å². The molecule has 0 amide bonds. The Kier molecular flexibility index (Phi) is 4.51. The summed E-state index contributed by atoms with van der Waals surface area (Å²) in [7, 11) is 4.01. The van der Waals surface area contributed by atoms with Crippen molar-refractivity contribution in [3.05, 3.63) is 42.2 Å². The molecule has 0 aliphatic carbocycles. The average Bonchev–Trinajstić information content (AvgIpc) is 3.08. The number of aryl methyl sites for hydroxylation is 1. The third-order valence-corrected chi connectivity index (χ3v) is 5.17. The van der Waals surface area contributed by atoms with Crippen molar-refractivity contribution < 1.29 is 4.79 Å². The molecule has 4 rings (SSSR count). The SMILES string of the molecule is CN1CCC(C(=O)Cc2cc3cc(-c4ccn(C)n4)ccc3nn2)CC1. The van der Waals surface area contributed by atoms with E-state index in [2.05, 4.69) is 33.3 Å². The molecule has 1 saturated heterocycles. The Balaban J connectivity index is 1.55. The number of hydrogen-bond donors (Lipinski definition) is 0. The zero-order valence-electron chi connectivity index (χ0n) is 15.2. The standard InChI is InChI=1S/C20H23N5O/c1-24-8-5-14(6-9-24)20(26)13-17-12-16-11-15(3-4-18(16)22-21-17)19-7-10-25(2)23-19/h3-4,7,10-12,14H,5-6,8-9,13H2,1-2H3. The molecular formula is C20H23N5O. The van der Waals surface area contributed by atoms with E-state index < -0.39 is 0 Å². The summed E-state index contributed by atoms with van der Waals surface area (Å²) in [6.07, 6.45) is 4.18. The van der Waals surface area contributed by atoms with Crippen LogP contribution in [0.25, 0.3) is 22.2 Å². The van der Waals surface area contributed by atoms with E-state index in [4.69, 9.17) is 0 Å². The molecule has 0 unspecified atom stereocenters. The average molecular weight is 349 g/mol. The van der Waals surface area contributed by atoms with Crippen molar-refractivity contribution in [1.82, 2.24) is 24.9 Å². The Hall–Kier alpha value is -2.60. The van der Waals surface area contributed by atoms with Crippen LogP contribution in [0.5, 0.6) is 0 Å². The van der Waals surface area contributed by atoms with E-state index >= 15 is 0 Å². The molecule has 6 heteroatoms. The topological polar surface area (TPSA) is 63.9 Å². The number of carbonyl (C=O) groups is 1. The van der Waals surface area contributed by atoms with Gasteiger partial charge in [-0.15, -0.1) is 0 Å². The fourth-order valence-corrected chi connectivity index (χ4v) is 3.56. The highest BCUT2D eigenvalue weighted by Gasteiger charge is 2.23. The van der Waals surface area contributed by atoms with Crippen LogP contribution in [0, 0.1) is 5.92 Å². The van der Waals surface area contributed by atoms with Crippen LogP contribution in [-0.2, 0) is 18.3 Å². The van der Waals surface area contributed by atoms with Crippen molar-refractivity contribution in [3.63, 3.8) is 0 Å². The van der Waals surface area contributed by atoms with Crippen LogP contribution < -0.4 is 0 Å². The largest absolute Gasteiger partial charge is 0.306 e. The van der Waals surface area contributed by atoms with Crippen molar-refractivity contribution >= 4 is 16.7 Å². The highest BCUT2D eigenvalue weighted by atomic mass is 16.1. The summed E-state index contributed by atoms with van der Waals surface area (Å²) in [5.41, 5.74) is 3.55. The molecule has 1 fully saturated rings. The van der Waals surface area contributed by atoms with Gasteiger partial charge in [-0.1, -0.05) is 6.07 Å². The van der Waals surface area contributed by atoms with Gasteiger partial charge in [0.2, 0.25) is 0 Å². The van der Waals surface area contributed by atoms with Gasteiger partial charge < -0.3 is 4.90 Å². The van der Waals surface area contributed by atoms with E-state index in [9.17, 15) is 4.79 Å². The predicted molar refractivity (Wildman–Crippen MR) is 101 cm³/mol. The van der Waals surface area contributed by atoms with Gasteiger partial charge in [-0.05, 0) is 57.2 Å². The molecular weight excluding hydrogens is 326 g/mol. The number of hydrogen-bond acceptors (Lipinski definition) is 5. The number of carbonyl (C=O) groups excluding carboxylic acids is 1. The van der Waals surface area contributed by atoms with E-state index in [0.717, 1.165) is 53.8 Å². The van der Waals surface area contributed by atoms with Gasteiger partial charge in [-0.3, -0.25) is 9.48 Å². The molecule has 1 aliphatic rings. The molecule has 3 aromatic rings. The number of likely N-dealkylation sites (tertiary alicyclic amines) is 1. The van der Waals surface area contributed by atoms with E-state index in [1.54, 1.807) is 4.68 Å². The van der Waals surface area contributed by atoms with Crippen molar-refractivity contribution in [2.45, 2.75) is 19.3 Å². The molecule has 0 bridgehead atoms. The Morgan fingerprint density at radius 3 is 2.65 bits per heavy atom. The van der Waals surface area contributed by atoms with Crippen molar-refractivity contribution in [3.8, 4) is 11.3 Å². The van der Waals surface area contributed by atoms with Crippen molar-refractivity contribution in [1.29, 1.82) is 0 Å². The van der Waals surface area contributed by atoms with Gasteiger partial charge in [-0.25, -0.2) is 0 Å². The van der Waals surface area contributed by atoms with Gasteiger partial charge in [0.15, 0.2) is 0 Å².